The van der Waals surface area contributed by atoms with Gasteiger partial charge >= 0.3 is 0 Å². The minimum atomic E-state index is -0.353. The molecule has 0 aliphatic heterocycles. The van der Waals surface area contributed by atoms with Crippen LogP contribution in [0.15, 0.2) is 109 Å². The van der Waals surface area contributed by atoms with E-state index >= 15 is 0 Å². The van der Waals surface area contributed by atoms with Crippen LogP contribution in [0.3, 0.4) is 0 Å². The van der Waals surface area contributed by atoms with Gasteiger partial charge in [-0.25, -0.2) is 4.39 Å². The van der Waals surface area contributed by atoms with Gasteiger partial charge in [0.15, 0.2) is 0 Å². The molecule has 1 amide bonds. The van der Waals surface area contributed by atoms with Crippen LogP contribution in [0.4, 0.5) is 4.39 Å². The van der Waals surface area contributed by atoms with E-state index in [2.05, 4.69) is 0 Å². The van der Waals surface area contributed by atoms with Gasteiger partial charge in [-0.1, -0.05) is 90.5 Å². The zero-order chi connectivity index (χ0) is 21.6. The van der Waals surface area contributed by atoms with Crippen LogP contribution in [-0.4, -0.2) is 10.8 Å². The molecule has 0 aromatic heterocycles. The minimum Gasteiger partial charge on any atom is -0.323 e. The van der Waals surface area contributed by atoms with Crippen LogP contribution in [0.2, 0.25) is 0 Å². The number of amides is 1. The zero-order valence-corrected chi connectivity index (χ0v) is 17.4. The lowest BCUT2D eigenvalue weighted by atomic mass is 9.94. The normalized spacial score (nSPS) is 11.7. The van der Waals surface area contributed by atoms with Gasteiger partial charge in [0, 0.05) is 12.1 Å². The van der Waals surface area contributed by atoms with Gasteiger partial charge in [-0.2, -0.15) is 0 Å². The topological polar surface area (TPSA) is 20.3 Å². The molecule has 0 spiro atoms. The van der Waals surface area contributed by atoms with E-state index in [4.69, 9.17) is 0 Å². The fourth-order valence-electron chi connectivity index (χ4n) is 3.75. The van der Waals surface area contributed by atoms with Gasteiger partial charge in [0.2, 0.25) is 0 Å². The van der Waals surface area contributed by atoms with Crippen molar-refractivity contribution in [2.75, 3.05) is 0 Å². The highest BCUT2D eigenvalue weighted by Gasteiger charge is 2.28. The predicted molar refractivity (Wildman–Crippen MR) is 122 cm³/mol. The first-order chi connectivity index (χ1) is 15.1. The summed E-state index contributed by atoms with van der Waals surface area (Å²) in [5, 5.41) is 0. The summed E-state index contributed by atoms with van der Waals surface area (Å²) in [4.78, 5) is 15.6. The second-order valence-corrected chi connectivity index (χ2v) is 7.65. The van der Waals surface area contributed by atoms with Crippen LogP contribution >= 0.6 is 0 Å². The molecular weight excluding hydrogens is 385 g/mol. The number of aryl methyl sites for hydroxylation is 1. The summed E-state index contributed by atoms with van der Waals surface area (Å²) in [5.41, 5.74) is 4.65. The van der Waals surface area contributed by atoms with Crippen molar-refractivity contribution >= 4 is 5.91 Å². The van der Waals surface area contributed by atoms with Gasteiger partial charge in [-0.3, -0.25) is 4.79 Å². The number of carbonyl (C=O) groups excluding carboxylic acids is 1. The van der Waals surface area contributed by atoms with E-state index in [-0.39, 0.29) is 17.8 Å². The lowest BCUT2D eigenvalue weighted by molar-refractivity contribution is 0.0690. The van der Waals surface area contributed by atoms with Gasteiger partial charge in [0.05, 0.1) is 6.04 Å². The van der Waals surface area contributed by atoms with Gasteiger partial charge < -0.3 is 4.90 Å². The second-order valence-electron chi connectivity index (χ2n) is 7.65. The third-order valence-electron chi connectivity index (χ3n) is 5.37. The summed E-state index contributed by atoms with van der Waals surface area (Å²) in [6.07, 6.45) is 0. The fraction of sp³-hybridized carbons (Fsp3) is 0.107. The predicted octanol–water partition coefficient (Wildman–Crippen LogP) is 6.57. The lowest BCUT2D eigenvalue weighted by Gasteiger charge is -2.33. The smallest absolute Gasteiger partial charge is 0.254 e. The number of hydrogen-bond donors (Lipinski definition) is 0. The van der Waals surface area contributed by atoms with E-state index in [0.717, 1.165) is 22.3 Å². The Balaban J connectivity index is 1.84. The highest BCUT2D eigenvalue weighted by Crippen LogP contribution is 2.32. The molecule has 2 nitrogen and oxygen atoms in total. The van der Waals surface area contributed by atoms with Crippen molar-refractivity contribution in [1.29, 1.82) is 0 Å². The maximum absolute atomic E-state index is 13.7. The molecule has 0 aliphatic carbocycles. The highest BCUT2D eigenvalue weighted by molar-refractivity contribution is 5.94. The summed E-state index contributed by atoms with van der Waals surface area (Å²) in [5.74, 6) is -0.366. The van der Waals surface area contributed by atoms with Crippen LogP contribution in [0, 0.1) is 12.7 Å². The molecule has 0 aliphatic rings. The van der Waals surface area contributed by atoms with Crippen LogP contribution in [0.5, 0.6) is 0 Å². The first-order valence-electron chi connectivity index (χ1n) is 10.3. The van der Waals surface area contributed by atoms with Crippen molar-refractivity contribution in [3.8, 4) is 0 Å². The summed E-state index contributed by atoms with van der Waals surface area (Å²) in [6, 6.07) is 33.5. The van der Waals surface area contributed by atoms with Crippen molar-refractivity contribution in [3.63, 3.8) is 0 Å². The molecule has 0 saturated heterocycles. The Morgan fingerprint density at radius 2 is 1.26 bits per heavy atom. The van der Waals surface area contributed by atoms with E-state index in [0.29, 0.717) is 12.1 Å². The van der Waals surface area contributed by atoms with E-state index in [1.54, 1.807) is 12.1 Å². The van der Waals surface area contributed by atoms with Crippen LogP contribution in [0.1, 0.15) is 38.7 Å². The number of benzene rings is 4. The Kier molecular flexibility index (Phi) is 6.23. The molecule has 0 bridgehead atoms. The molecule has 3 heteroatoms. The average molecular weight is 410 g/mol. The van der Waals surface area contributed by atoms with E-state index in [1.165, 1.54) is 12.1 Å². The number of carbonyl (C=O) groups is 1. The molecule has 0 radical (unpaired) electrons. The highest BCUT2D eigenvalue weighted by atomic mass is 19.1. The van der Waals surface area contributed by atoms with Crippen molar-refractivity contribution in [1.82, 2.24) is 4.90 Å². The molecule has 4 rings (SSSR count). The summed E-state index contributed by atoms with van der Waals surface area (Å²) >= 11 is 0. The molecular formula is C28H24FNO. The molecule has 31 heavy (non-hydrogen) atoms. The summed E-state index contributed by atoms with van der Waals surface area (Å²) < 4.78 is 13.7. The van der Waals surface area contributed by atoms with Gasteiger partial charge in [-0.05, 0) is 47.9 Å². The van der Waals surface area contributed by atoms with Gasteiger partial charge in [0.25, 0.3) is 5.91 Å². The quantitative estimate of drug-likeness (QED) is 0.353. The number of halogens is 1. The van der Waals surface area contributed by atoms with Crippen LogP contribution in [0.25, 0.3) is 0 Å². The molecule has 154 valence electrons. The third kappa shape index (κ3) is 4.89. The lowest BCUT2D eigenvalue weighted by Crippen LogP contribution is -2.35. The summed E-state index contributed by atoms with van der Waals surface area (Å²) in [7, 11) is 0. The molecule has 0 saturated carbocycles. The maximum Gasteiger partial charge on any atom is 0.254 e. The van der Waals surface area contributed by atoms with E-state index in [1.807, 2.05) is 96.8 Å². The van der Waals surface area contributed by atoms with Crippen molar-refractivity contribution in [2.45, 2.75) is 19.5 Å². The first kappa shape index (κ1) is 20.5. The SMILES string of the molecule is Cc1ccc(C(c2ccc(F)cc2)N(Cc2ccccc2)C(=O)c2ccccc2)cc1. The van der Waals surface area contributed by atoms with E-state index in [9.17, 15) is 9.18 Å². The third-order valence-corrected chi connectivity index (χ3v) is 5.37. The molecule has 1 unspecified atom stereocenters. The molecule has 0 N–H and O–H groups in total. The Bertz CT molecular complexity index is 1080. The number of rotatable bonds is 6. The first-order valence-corrected chi connectivity index (χ1v) is 10.3. The number of nitrogens with zero attached hydrogens (tertiary/aromatic N) is 1. The molecule has 0 heterocycles. The maximum atomic E-state index is 13.7. The zero-order valence-electron chi connectivity index (χ0n) is 17.4. The Morgan fingerprint density at radius 3 is 1.84 bits per heavy atom. The average Bonchev–Trinajstić information content (AvgIpc) is 2.82. The van der Waals surface area contributed by atoms with Crippen LogP contribution in [-0.2, 0) is 6.54 Å². The Labute approximate surface area is 182 Å². The molecule has 4 aromatic rings. The fourth-order valence-corrected chi connectivity index (χ4v) is 3.75. The molecule has 0 fully saturated rings. The van der Waals surface area contributed by atoms with Gasteiger partial charge in [0.1, 0.15) is 5.82 Å². The van der Waals surface area contributed by atoms with Crippen molar-refractivity contribution < 1.29 is 9.18 Å². The Morgan fingerprint density at radius 1 is 0.742 bits per heavy atom. The standard InChI is InChI=1S/C28H24FNO/c1-21-12-14-23(15-13-21)27(24-16-18-26(29)19-17-24)30(20-22-8-4-2-5-9-22)28(31)25-10-6-3-7-11-25/h2-19,27H,20H2,1H3. The molecule has 1 atom stereocenters. The van der Waals surface area contributed by atoms with Crippen LogP contribution < -0.4 is 0 Å². The monoisotopic (exact) mass is 409 g/mol. The van der Waals surface area contributed by atoms with Gasteiger partial charge in [-0.15, -0.1) is 0 Å². The molecule has 4 aromatic carbocycles. The number of hydrogen-bond acceptors (Lipinski definition) is 1. The Hall–Kier alpha value is -3.72. The summed E-state index contributed by atoms with van der Waals surface area (Å²) in [6.45, 7) is 2.47. The largest absolute Gasteiger partial charge is 0.323 e. The van der Waals surface area contributed by atoms with E-state index < -0.39 is 0 Å². The van der Waals surface area contributed by atoms with Crippen molar-refractivity contribution in [2.24, 2.45) is 0 Å². The minimum absolute atomic E-state index is 0.0700. The second kappa shape index (κ2) is 9.40. The van der Waals surface area contributed by atoms with Crippen molar-refractivity contribution in [3.05, 3.63) is 143 Å².